The van der Waals surface area contributed by atoms with Gasteiger partial charge in [-0.15, -0.1) is 0 Å². The molecule has 1 aliphatic rings. The van der Waals surface area contributed by atoms with Crippen molar-refractivity contribution in [3.8, 4) is 0 Å². The van der Waals surface area contributed by atoms with E-state index in [0.717, 1.165) is 5.84 Å². The van der Waals surface area contributed by atoms with E-state index in [1.165, 1.54) is 0 Å². The minimum absolute atomic E-state index is 0.211. The summed E-state index contributed by atoms with van der Waals surface area (Å²) in [6, 6.07) is -0.211. The van der Waals surface area contributed by atoms with Crippen molar-refractivity contribution in [3.05, 3.63) is 0 Å². The van der Waals surface area contributed by atoms with Gasteiger partial charge in [0, 0.05) is 6.54 Å². The second-order valence-corrected chi connectivity index (χ2v) is 2.36. The van der Waals surface area contributed by atoms with E-state index in [1.807, 2.05) is 6.92 Å². The lowest BCUT2D eigenvalue weighted by atomic mass is 10.1. The molecule has 10 heavy (non-hydrogen) atoms. The van der Waals surface area contributed by atoms with Crippen molar-refractivity contribution < 1.29 is 4.79 Å². The summed E-state index contributed by atoms with van der Waals surface area (Å²) < 4.78 is 0. The highest BCUT2D eigenvalue weighted by molar-refractivity contribution is 5.88. The predicted octanol–water partition coefficient (Wildman–Crippen LogP) is -0.748. The molecule has 4 heteroatoms. The summed E-state index contributed by atoms with van der Waals surface area (Å²) in [5.74, 6) is 0.504. The van der Waals surface area contributed by atoms with Gasteiger partial charge in [0.15, 0.2) is 0 Å². The van der Waals surface area contributed by atoms with Gasteiger partial charge in [0.05, 0.1) is 5.84 Å². The number of carbonyl (C=O) groups is 1. The van der Waals surface area contributed by atoms with Crippen LogP contribution in [0.4, 0.5) is 0 Å². The average molecular weight is 141 g/mol. The van der Waals surface area contributed by atoms with Gasteiger partial charge in [-0.1, -0.05) is 0 Å². The first-order chi connectivity index (χ1) is 4.70. The molecule has 0 saturated heterocycles. The van der Waals surface area contributed by atoms with Gasteiger partial charge in [-0.3, -0.25) is 9.79 Å². The number of rotatable bonds is 1. The van der Waals surface area contributed by atoms with E-state index >= 15 is 0 Å². The lowest BCUT2D eigenvalue weighted by Gasteiger charge is -2.19. The van der Waals surface area contributed by atoms with Gasteiger partial charge < -0.3 is 11.1 Å². The molecule has 0 saturated carbocycles. The summed E-state index contributed by atoms with van der Waals surface area (Å²) in [6.45, 7) is 2.53. The fraction of sp³-hybridized carbons (Fsp3) is 0.667. The molecule has 0 fully saturated rings. The van der Waals surface area contributed by atoms with Crippen molar-refractivity contribution in [2.24, 2.45) is 10.7 Å². The Kier molecular flexibility index (Phi) is 1.89. The lowest BCUT2D eigenvalue weighted by Crippen LogP contribution is -2.46. The van der Waals surface area contributed by atoms with Gasteiger partial charge in [-0.25, -0.2) is 0 Å². The number of nitrogens with zero attached hydrogens (tertiary/aromatic N) is 1. The Balaban J connectivity index is 2.53. The van der Waals surface area contributed by atoms with Crippen LogP contribution in [0.25, 0.3) is 0 Å². The molecule has 0 aromatic rings. The van der Waals surface area contributed by atoms with Gasteiger partial charge in [0.1, 0.15) is 6.04 Å². The van der Waals surface area contributed by atoms with E-state index in [2.05, 4.69) is 10.3 Å². The van der Waals surface area contributed by atoms with E-state index < -0.39 is 0 Å². The maximum Gasteiger partial charge on any atom is 0.240 e. The zero-order valence-electron chi connectivity index (χ0n) is 5.92. The van der Waals surface area contributed by atoms with Crippen LogP contribution in [0.3, 0.4) is 0 Å². The smallest absolute Gasteiger partial charge is 0.240 e. The zero-order chi connectivity index (χ0) is 7.56. The predicted molar refractivity (Wildman–Crippen MR) is 38.7 cm³/mol. The normalized spacial score (nSPS) is 24.9. The Hall–Kier alpha value is -1.06. The first-order valence-electron chi connectivity index (χ1n) is 3.27. The summed E-state index contributed by atoms with van der Waals surface area (Å²) in [6.07, 6.45) is 0.715. The highest BCUT2D eigenvalue weighted by Gasteiger charge is 2.17. The Morgan fingerprint density at radius 2 is 2.60 bits per heavy atom. The number of nitrogens with two attached hydrogens (primary N) is 1. The van der Waals surface area contributed by atoms with E-state index in [-0.39, 0.29) is 11.9 Å². The maximum absolute atomic E-state index is 10.6. The summed E-state index contributed by atoms with van der Waals surface area (Å²) in [5.41, 5.74) is 5.07. The van der Waals surface area contributed by atoms with Gasteiger partial charge in [0.25, 0.3) is 0 Å². The van der Waals surface area contributed by atoms with Crippen molar-refractivity contribution in [1.82, 2.24) is 5.32 Å². The number of hydrogen-bond donors (Lipinski definition) is 2. The molecule has 0 spiro atoms. The second-order valence-electron chi connectivity index (χ2n) is 2.36. The number of amidine groups is 1. The van der Waals surface area contributed by atoms with Crippen molar-refractivity contribution in [3.63, 3.8) is 0 Å². The third kappa shape index (κ3) is 1.46. The molecule has 1 unspecified atom stereocenters. The molecular formula is C6H11N3O. The van der Waals surface area contributed by atoms with Gasteiger partial charge in [-0.05, 0) is 13.3 Å². The summed E-state index contributed by atoms with van der Waals surface area (Å²) >= 11 is 0. The molecule has 1 aliphatic heterocycles. The van der Waals surface area contributed by atoms with Crippen LogP contribution in [0.1, 0.15) is 13.3 Å². The minimum atomic E-state index is -0.297. The lowest BCUT2D eigenvalue weighted by molar-refractivity contribution is -0.119. The third-order valence-corrected chi connectivity index (χ3v) is 1.49. The summed E-state index contributed by atoms with van der Waals surface area (Å²) in [7, 11) is 0. The number of nitrogens with one attached hydrogen (secondary N) is 1. The Morgan fingerprint density at radius 1 is 1.90 bits per heavy atom. The number of aliphatic imine (C=N–C) groups is 1. The van der Waals surface area contributed by atoms with Crippen LogP contribution >= 0.6 is 0 Å². The summed E-state index contributed by atoms with van der Waals surface area (Å²) in [4.78, 5) is 14.7. The van der Waals surface area contributed by atoms with Crippen LogP contribution in [-0.4, -0.2) is 24.3 Å². The number of amides is 1. The first-order valence-corrected chi connectivity index (χ1v) is 3.27. The quantitative estimate of drug-likeness (QED) is 0.504. The van der Waals surface area contributed by atoms with E-state index in [0.29, 0.717) is 13.0 Å². The van der Waals surface area contributed by atoms with Gasteiger partial charge in [0.2, 0.25) is 5.91 Å². The minimum Gasteiger partial charge on any atom is -0.368 e. The SMILES string of the molecule is CC1=NCCC(C(N)=O)N1. The van der Waals surface area contributed by atoms with Crippen molar-refractivity contribution in [1.29, 1.82) is 0 Å². The molecule has 4 nitrogen and oxygen atoms in total. The molecule has 1 atom stereocenters. The zero-order valence-corrected chi connectivity index (χ0v) is 5.92. The molecular weight excluding hydrogens is 130 g/mol. The highest BCUT2D eigenvalue weighted by atomic mass is 16.1. The first kappa shape index (κ1) is 7.05. The number of hydrogen-bond acceptors (Lipinski definition) is 3. The van der Waals surface area contributed by atoms with Crippen LogP contribution in [0, 0.1) is 0 Å². The molecule has 0 bridgehead atoms. The van der Waals surface area contributed by atoms with Crippen molar-refractivity contribution in [2.75, 3.05) is 6.54 Å². The molecule has 1 rings (SSSR count). The fourth-order valence-corrected chi connectivity index (χ4v) is 0.945. The van der Waals surface area contributed by atoms with Crippen molar-refractivity contribution in [2.45, 2.75) is 19.4 Å². The maximum atomic E-state index is 10.6. The topological polar surface area (TPSA) is 67.5 Å². The summed E-state index contributed by atoms with van der Waals surface area (Å²) in [5, 5.41) is 2.89. The molecule has 0 aliphatic carbocycles. The fourth-order valence-electron chi connectivity index (χ4n) is 0.945. The molecule has 0 radical (unpaired) electrons. The van der Waals surface area contributed by atoms with E-state index in [9.17, 15) is 4.79 Å². The second kappa shape index (κ2) is 2.68. The van der Waals surface area contributed by atoms with Gasteiger partial charge in [-0.2, -0.15) is 0 Å². The Morgan fingerprint density at radius 3 is 3.00 bits per heavy atom. The number of carbonyl (C=O) groups excluding carboxylic acids is 1. The Bertz CT molecular complexity index is 176. The molecule has 0 aromatic carbocycles. The molecule has 3 N–H and O–H groups in total. The number of primary amides is 1. The molecule has 1 heterocycles. The van der Waals surface area contributed by atoms with Crippen LogP contribution in [-0.2, 0) is 4.79 Å². The molecule has 56 valence electrons. The largest absolute Gasteiger partial charge is 0.368 e. The van der Waals surface area contributed by atoms with Crippen LogP contribution in [0.15, 0.2) is 4.99 Å². The van der Waals surface area contributed by atoms with Crippen LogP contribution in [0.2, 0.25) is 0 Å². The van der Waals surface area contributed by atoms with Crippen LogP contribution < -0.4 is 11.1 Å². The highest BCUT2D eigenvalue weighted by Crippen LogP contribution is 1.97. The standard InChI is InChI=1S/C6H11N3O/c1-4-8-3-2-5(9-4)6(7)10/h5H,2-3H2,1H3,(H2,7,10)(H,8,9). The monoisotopic (exact) mass is 141 g/mol. The third-order valence-electron chi connectivity index (χ3n) is 1.49. The van der Waals surface area contributed by atoms with Crippen molar-refractivity contribution >= 4 is 11.7 Å². The molecule has 1 amide bonds. The Labute approximate surface area is 59.5 Å². The van der Waals surface area contributed by atoms with Crippen LogP contribution in [0.5, 0.6) is 0 Å². The van der Waals surface area contributed by atoms with E-state index in [4.69, 9.17) is 5.73 Å². The van der Waals surface area contributed by atoms with Gasteiger partial charge >= 0.3 is 0 Å². The van der Waals surface area contributed by atoms with E-state index in [1.54, 1.807) is 0 Å². The average Bonchev–Trinajstić information content (AvgIpc) is 1.88. The molecule has 0 aromatic heterocycles.